The minimum Gasteiger partial charge on any atom is -0.497 e. The molecule has 0 aliphatic heterocycles. The van der Waals surface area contributed by atoms with Gasteiger partial charge in [0.2, 0.25) is 5.91 Å². The van der Waals surface area contributed by atoms with Crippen molar-refractivity contribution in [2.24, 2.45) is 0 Å². The van der Waals surface area contributed by atoms with Gasteiger partial charge in [-0.05, 0) is 43.5 Å². The molecule has 168 valence electrons. The van der Waals surface area contributed by atoms with Gasteiger partial charge in [0, 0.05) is 37.4 Å². The first kappa shape index (κ1) is 21.1. The fourth-order valence-corrected chi connectivity index (χ4v) is 5.22. The minimum absolute atomic E-state index is 0.128. The summed E-state index contributed by atoms with van der Waals surface area (Å²) in [5, 5.41) is 11.6. The van der Waals surface area contributed by atoms with Gasteiger partial charge in [-0.1, -0.05) is 17.4 Å². The second-order valence-electron chi connectivity index (χ2n) is 7.80. The van der Waals surface area contributed by atoms with E-state index in [1.54, 1.807) is 7.11 Å². The largest absolute Gasteiger partial charge is 0.497 e. The predicted octanol–water partition coefficient (Wildman–Crippen LogP) is 4.56. The van der Waals surface area contributed by atoms with Crippen LogP contribution in [0.4, 0.5) is 10.9 Å². The molecule has 4 aromatic rings. The molecule has 0 unspecified atom stereocenters. The molecule has 0 atom stereocenters. The summed E-state index contributed by atoms with van der Waals surface area (Å²) in [4.78, 5) is 21.9. The number of nitrogens with zero attached hydrogens (tertiary/aromatic N) is 4. The number of hydrogen-bond donors (Lipinski definition) is 2. The average molecular weight is 461 g/mol. The Balaban J connectivity index is 1.74. The fourth-order valence-electron chi connectivity index (χ4n) is 4.11. The van der Waals surface area contributed by atoms with Gasteiger partial charge >= 0.3 is 0 Å². The van der Waals surface area contributed by atoms with E-state index in [1.165, 1.54) is 18.3 Å². The van der Waals surface area contributed by atoms with Crippen LogP contribution in [0.3, 0.4) is 0 Å². The normalized spacial score (nSPS) is 12.5. The molecule has 9 heteroatoms. The number of pyridine rings is 1. The number of benzene rings is 1. The predicted molar refractivity (Wildman–Crippen MR) is 130 cm³/mol. The molecule has 1 aliphatic carbocycles. The number of ether oxygens (including phenoxy) is 1. The quantitative estimate of drug-likeness (QED) is 0.454. The van der Waals surface area contributed by atoms with Crippen molar-refractivity contribution in [3.05, 3.63) is 53.9 Å². The van der Waals surface area contributed by atoms with Crippen LogP contribution in [0.15, 0.2) is 42.6 Å². The van der Waals surface area contributed by atoms with E-state index >= 15 is 0 Å². The number of anilines is 2. The zero-order chi connectivity index (χ0) is 22.9. The molecular weight excluding hydrogens is 436 g/mol. The number of aryl methyl sites for hydroxylation is 1. The zero-order valence-electron chi connectivity index (χ0n) is 18.7. The highest BCUT2D eigenvalue weighted by Gasteiger charge is 2.28. The van der Waals surface area contributed by atoms with E-state index in [2.05, 4.69) is 15.6 Å². The first-order chi connectivity index (χ1) is 16.1. The van der Waals surface area contributed by atoms with Crippen molar-refractivity contribution in [3.8, 4) is 33.3 Å². The Morgan fingerprint density at radius 1 is 1.21 bits per heavy atom. The SMILES string of the molecule is CNc1ccc(-c2nn(-c3cccc(OC)c3)c3c2CCCc2nc(NC(C)=O)sc2-3)cn1. The molecule has 0 saturated carbocycles. The van der Waals surface area contributed by atoms with Crippen LogP contribution in [0, 0.1) is 0 Å². The second kappa shape index (κ2) is 8.67. The third kappa shape index (κ3) is 3.95. The fraction of sp³-hybridized carbons (Fsp3) is 0.250. The van der Waals surface area contributed by atoms with Crippen molar-refractivity contribution >= 4 is 28.2 Å². The van der Waals surface area contributed by atoms with Crippen molar-refractivity contribution in [3.63, 3.8) is 0 Å². The van der Waals surface area contributed by atoms with Gasteiger partial charge in [-0.2, -0.15) is 5.10 Å². The molecule has 0 spiro atoms. The Labute approximate surface area is 195 Å². The standard InChI is InChI=1S/C24H24N6O2S/c1-14(31)27-24-28-19-9-5-8-18-21(15-10-11-20(25-2)26-13-15)29-30(22(18)23(19)33-24)16-6-4-7-17(12-16)32-3/h4,6-7,10-13H,5,8-9H2,1-3H3,(H,25,26)(H,27,28,31). The van der Waals surface area contributed by atoms with E-state index < -0.39 is 0 Å². The molecular formula is C24H24N6O2S. The smallest absolute Gasteiger partial charge is 0.223 e. The van der Waals surface area contributed by atoms with E-state index in [-0.39, 0.29) is 5.91 Å². The number of aromatic nitrogens is 4. The van der Waals surface area contributed by atoms with Gasteiger partial charge in [-0.3, -0.25) is 4.79 Å². The number of amides is 1. The summed E-state index contributed by atoms with van der Waals surface area (Å²) in [6.45, 7) is 1.50. The Morgan fingerprint density at radius 3 is 2.82 bits per heavy atom. The minimum atomic E-state index is -0.128. The average Bonchev–Trinajstić information content (AvgIpc) is 3.35. The van der Waals surface area contributed by atoms with Gasteiger partial charge < -0.3 is 15.4 Å². The Bertz CT molecular complexity index is 1330. The molecule has 0 bridgehead atoms. The second-order valence-corrected chi connectivity index (χ2v) is 8.80. The molecule has 8 nitrogen and oxygen atoms in total. The molecule has 1 aliphatic rings. The van der Waals surface area contributed by atoms with Crippen molar-refractivity contribution in [2.75, 3.05) is 24.8 Å². The van der Waals surface area contributed by atoms with E-state index in [0.29, 0.717) is 5.13 Å². The van der Waals surface area contributed by atoms with Crippen LogP contribution < -0.4 is 15.4 Å². The van der Waals surface area contributed by atoms with E-state index in [0.717, 1.165) is 69.6 Å². The first-order valence-electron chi connectivity index (χ1n) is 10.8. The van der Waals surface area contributed by atoms with E-state index in [9.17, 15) is 4.79 Å². The van der Waals surface area contributed by atoms with Crippen LogP contribution in [-0.2, 0) is 17.6 Å². The summed E-state index contributed by atoms with van der Waals surface area (Å²) in [5.41, 5.74) is 5.93. The number of carbonyl (C=O) groups is 1. The highest BCUT2D eigenvalue weighted by molar-refractivity contribution is 7.19. The lowest BCUT2D eigenvalue weighted by Crippen LogP contribution is -2.05. The molecule has 1 amide bonds. The Kier molecular flexibility index (Phi) is 5.55. The number of carbonyl (C=O) groups excluding carboxylic acids is 1. The van der Waals surface area contributed by atoms with Crippen LogP contribution in [-0.4, -0.2) is 39.8 Å². The number of nitrogens with one attached hydrogen (secondary N) is 2. The number of thiazole rings is 1. The maximum atomic E-state index is 11.7. The third-order valence-corrected chi connectivity index (χ3v) is 6.63. The maximum Gasteiger partial charge on any atom is 0.223 e. The maximum absolute atomic E-state index is 11.7. The lowest BCUT2D eigenvalue weighted by Gasteiger charge is -2.09. The van der Waals surface area contributed by atoms with Crippen LogP contribution in [0.5, 0.6) is 5.75 Å². The summed E-state index contributed by atoms with van der Waals surface area (Å²) >= 11 is 1.49. The van der Waals surface area contributed by atoms with Gasteiger partial charge in [0.25, 0.3) is 0 Å². The zero-order valence-corrected chi connectivity index (χ0v) is 19.5. The van der Waals surface area contributed by atoms with Crippen molar-refractivity contribution < 1.29 is 9.53 Å². The molecule has 0 radical (unpaired) electrons. The monoisotopic (exact) mass is 460 g/mol. The number of hydrogen-bond acceptors (Lipinski definition) is 7. The summed E-state index contributed by atoms with van der Waals surface area (Å²) in [7, 11) is 3.51. The lowest BCUT2D eigenvalue weighted by molar-refractivity contribution is -0.114. The number of fused-ring (bicyclic) bond motifs is 3. The highest BCUT2D eigenvalue weighted by atomic mass is 32.1. The summed E-state index contributed by atoms with van der Waals surface area (Å²) < 4.78 is 7.44. The molecule has 33 heavy (non-hydrogen) atoms. The lowest BCUT2D eigenvalue weighted by atomic mass is 10.0. The van der Waals surface area contributed by atoms with Crippen LogP contribution in [0.25, 0.3) is 27.5 Å². The summed E-state index contributed by atoms with van der Waals surface area (Å²) in [5.74, 6) is 1.44. The first-order valence-corrected chi connectivity index (χ1v) is 11.6. The van der Waals surface area contributed by atoms with E-state index in [1.807, 2.05) is 54.3 Å². The molecule has 3 aromatic heterocycles. The van der Waals surface area contributed by atoms with Crippen molar-refractivity contribution in [1.82, 2.24) is 19.7 Å². The molecule has 5 rings (SSSR count). The summed E-state index contributed by atoms with van der Waals surface area (Å²) in [6.07, 6.45) is 4.52. The molecule has 3 heterocycles. The van der Waals surface area contributed by atoms with Gasteiger partial charge in [-0.15, -0.1) is 0 Å². The van der Waals surface area contributed by atoms with E-state index in [4.69, 9.17) is 14.8 Å². The van der Waals surface area contributed by atoms with Crippen LogP contribution in [0.2, 0.25) is 0 Å². The topological polar surface area (TPSA) is 94.0 Å². The third-order valence-electron chi connectivity index (χ3n) is 5.61. The van der Waals surface area contributed by atoms with Gasteiger partial charge in [0.15, 0.2) is 5.13 Å². The van der Waals surface area contributed by atoms with Crippen LogP contribution >= 0.6 is 11.3 Å². The van der Waals surface area contributed by atoms with Crippen molar-refractivity contribution in [2.45, 2.75) is 26.2 Å². The highest BCUT2D eigenvalue weighted by Crippen LogP contribution is 2.43. The van der Waals surface area contributed by atoms with Crippen LogP contribution in [0.1, 0.15) is 24.6 Å². The van der Waals surface area contributed by atoms with Gasteiger partial charge in [0.05, 0.1) is 34.8 Å². The summed E-state index contributed by atoms with van der Waals surface area (Å²) in [6, 6.07) is 11.9. The Hall–Kier alpha value is -3.72. The van der Waals surface area contributed by atoms with Crippen molar-refractivity contribution in [1.29, 1.82) is 0 Å². The molecule has 2 N–H and O–H groups in total. The Morgan fingerprint density at radius 2 is 2.09 bits per heavy atom. The van der Waals surface area contributed by atoms with Gasteiger partial charge in [0.1, 0.15) is 11.6 Å². The molecule has 0 fully saturated rings. The van der Waals surface area contributed by atoms with Gasteiger partial charge in [-0.25, -0.2) is 14.6 Å². The number of methoxy groups -OCH3 is 1. The number of rotatable bonds is 5. The molecule has 0 saturated heterocycles. The molecule has 1 aromatic carbocycles.